The fourth-order valence-electron chi connectivity index (χ4n) is 1.79. The zero-order chi connectivity index (χ0) is 15.4. The van der Waals surface area contributed by atoms with E-state index in [4.69, 9.17) is 14.7 Å². The fraction of sp³-hybridized carbons (Fsp3) is 0.133. The smallest absolute Gasteiger partial charge is 0.269 e. The second kappa shape index (κ2) is 5.92. The van der Waals surface area contributed by atoms with Gasteiger partial charge in [-0.25, -0.2) is 0 Å². The van der Waals surface area contributed by atoms with E-state index >= 15 is 0 Å². The molecule has 0 aliphatic carbocycles. The number of nitrogens with zero attached hydrogens (tertiary/aromatic N) is 2. The predicted octanol–water partition coefficient (Wildman–Crippen LogP) is 3.58. The minimum atomic E-state index is -0.469. The molecule has 21 heavy (non-hydrogen) atoms. The number of rotatable bonds is 4. The molecule has 0 atom stereocenters. The van der Waals surface area contributed by atoms with Crippen molar-refractivity contribution in [3.8, 4) is 23.3 Å². The molecule has 0 saturated carbocycles. The van der Waals surface area contributed by atoms with Crippen LogP contribution in [0.15, 0.2) is 36.4 Å². The van der Waals surface area contributed by atoms with E-state index in [1.807, 2.05) is 6.07 Å². The highest BCUT2D eigenvalue weighted by Crippen LogP contribution is 2.32. The minimum absolute atomic E-state index is 0.00833. The van der Waals surface area contributed by atoms with Gasteiger partial charge in [-0.15, -0.1) is 0 Å². The molecular weight excluding hydrogens is 272 g/mol. The Balaban J connectivity index is 2.38. The molecule has 0 N–H and O–H groups in total. The van der Waals surface area contributed by atoms with Crippen LogP contribution in [0, 0.1) is 28.4 Å². The van der Waals surface area contributed by atoms with Crippen molar-refractivity contribution >= 4 is 5.69 Å². The van der Waals surface area contributed by atoms with Crippen LogP contribution in [0.1, 0.15) is 11.1 Å². The van der Waals surface area contributed by atoms with Gasteiger partial charge >= 0.3 is 0 Å². The number of non-ortho nitro benzene ring substituents is 1. The largest absolute Gasteiger partial charge is 0.497 e. The number of hydrogen-bond donors (Lipinski definition) is 0. The first-order valence-electron chi connectivity index (χ1n) is 6.06. The number of nitro groups is 1. The molecule has 0 aliphatic heterocycles. The van der Waals surface area contributed by atoms with E-state index in [2.05, 4.69) is 0 Å². The van der Waals surface area contributed by atoms with Crippen molar-refractivity contribution in [1.29, 1.82) is 5.26 Å². The van der Waals surface area contributed by atoms with Crippen LogP contribution in [-0.4, -0.2) is 12.0 Å². The third-order valence-electron chi connectivity index (χ3n) is 2.90. The lowest BCUT2D eigenvalue weighted by Crippen LogP contribution is -1.94. The molecule has 0 saturated heterocycles. The molecule has 2 aromatic rings. The van der Waals surface area contributed by atoms with Crippen LogP contribution in [0.25, 0.3) is 0 Å². The maximum atomic E-state index is 10.7. The zero-order valence-corrected chi connectivity index (χ0v) is 11.5. The van der Waals surface area contributed by atoms with Crippen molar-refractivity contribution in [2.45, 2.75) is 6.92 Å². The standard InChI is InChI=1S/C15H12N2O4/c1-10-7-12(17(18)19)4-6-14(10)21-15-8-13(20-2)5-3-11(15)9-16/h3-8H,1-2H3. The van der Waals surface area contributed by atoms with Crippen LogP contribution >= 0.6 is 0 Å². The zero-order valence-electron chi connectivity index (χ0n) is 11.5. The Morgan fingerprint density at radius 1 is 1.19 bits per heavy atom. The van der Waals surface area contributed by atoms with Gasteiger partial charge in [0.15, 0.2) is 0 Å². The van der Waals surface area contributed by atoms with Gasteiger partial charge in [0.2, 0.25) is 0 Å². The average Bonchev–Trinajstić information content (AvgIpc) is 2.49. The van der Waals surface area contributed by atoms with Crippen LogP contribution in [0.5, 0.6) is 17.2 Å². The van der Waals surface area contributed by atoms with Gasteiger partial charge in [-0.2, -0.15) is 5.26 Å². The molecule has 0 spiro atoms. The van der Waals surface area contributed by atoms with Crippen molar-refractivity contribution in [2.75, 3.05) is 7.11 Å². The average molecular weight is 284 g/mol. The predicted molar refractivity (Wildman–Crippen MR) is 75.6 cm³/mol. The highest BCUT2D eigenvalue weighted by Gasteiger charge is 2.12. The number of benzene rings is 2. The van der Waals surface area contributed by atoms with Crippen molar-refractivity contribution in [3.63, 3.8) is 0 Å². The summed E-state index contributed by atoms with van der Waals surface area (Å²) < 4.78 is 10.8. The van der Waals surface area contributed by atoms with Gasteiger partial charge in [0.25, 0.3) is 5.69 Å². The van der Waals surface area contributed by atoms with Gasteiger partial charge in [-0.05, 0) is 30.7 Å². The summed E-state index contributed by atoms with van der Waals surface area (Å²) in [5.74, 6) is 1.35. The first-order chi connectivity index (χ1) is 10.0. The molecular formula is C15H12N2O4. The van der Waals surface area contributed by atoms with Gasteiger partial charge in [0.05, 0.1) is 17.6 Å². The molecule has 6 nitrogen and oxygen atoms in total. The highest BCUT2D eigenvalue weighted by molar-refractivity contribution is 5.51. The monoisotopic (exact) mass is 284 g/mol. The topological polar surface area (TPSA) is 85.4 Å². The molecule has 106 valence electrons. The Bertz CT molecular complexity index is 735. The summed E-state index contributed by atoms with van der Waals surface area (Å²) >= 11 is 0. The van der Waals surface area contributed by atoms with Crippen LogP contribution in [0.3, 0.4) is 0 Å². The number of nitro benzene ring substituents is 1. The molecule has 2 rings (SSSR count). The number of ether oxygens (including phenoxy) is 2. The summed E-state index contributed by atoms with van der Waals surface area (Å²) in [7, 11) is 1.52. The number of aryl methyl sites for hydroxylation is 1. The van der Waals surface area contributed by atoms with E-state index in [0.717, 1.165) is 0 Å². The van der Waals surface area contributed by atoms with Crippen molar-refractivity contribution < 1.29 is 14.4 Å². The summed E-state index contributed by atoms with van der Waals surface area (Å²) in [6.45, 7) is 1.70. The Kier molecular flexibility index (Phi) is 4.05. The Hall–Kier alpha value is -3.07. The van der Waals surface area contributed by atoms with E-state index < -0.39 is 4.92 Å². The third-order valence-corrected chi connectivity index (χ3v) is 2.90. The number of methoxy groups -OCH3 is 1. The molecule has 0 unspecified atom stereocenters. The lowest BCUT2D eigenvalue weighted by molar-refractivity contribution is -0.384. The molecule has 0 bridgehead atoms. The summed E-state index contributed by atoms with van der Waals surface area (Å²) in [5.41, 5.74) is 0.954. The Morgan fingerprint density at radius 2 is 1.95 bits per heavy atom. The molecule has 0 heterocycles. The lowest BCUT2D eigenvalue weighted by Gasteiger charge is -2.11. The normalized spacial score (nSPS) is 9.76. The number of nitriles is 1. The van der Waals surface area contributed by atoms with Gasteiger partial charge in [-0.1, -0.05) is 0 Å². The lowest BCUT2D eigenvalue weighted by atomic mass is 10.2. The molecule has 0 aliphatic rings. The van der Waals surface area contributed by atoms with Gasteiger partial charge in [0, 0.05) is 18.2 Å². The van der Waals surface area contributed by atoms with Crippen LogP contribution in [-0.2, 0) is 0 Å². The highest BCUT2D eigenvalue weighted by atomic mass is 16.6. The quantitative estimate of drug-likeness (QED) is 0.632. The van der Waals surface area contributed by atoms with Crippen LogP contribution < -0.4 is 9.47 Å². The van der Waals surface area contributed by atoms with E-state index in [1.165, 1.54) is 25.3 Å². The summed E-state index contributed by atoms with van der Waals surface area (Å²) in [6, 6.07) is 11.2. The maximum Gasteiger partial charge on any atom is 0.269 e. The minimum Gasteiger partial charge on any atom is -0.497 e. The molecule has 0 aromatic heterocycles. The second-order valence-electron chi connectivity index (χ2n) is 4.28. The van der Waals surface area contributed by atoms with Gasteiger partial charge in [-0.3, -0.25) is 10.1 Å². The van der Waals surface area contributed by atoms with Crippen molar-refractivity contribution in [1.82, 2.24) is 0 Å². The molecule has 2 aromatic carbocycles. The molecule has 0 radical (unpaired) electrons. The van der Waals surface area contributed by atoms with Crippen molar-refractivity contribution in [2.24, 2.45) is 0 Å². The van der Waals surface area contributed by atoms with Crippen molar-refractivity contribution in [3.05, 3.63) is 57.6 Å². The van der Waals surface area contributed by atoms with E-state index in [0.29, 0.717) is 28.4 Å². The molecule has 0 fully saturated rings. The third kappa shape index (κ3) is 3.09. The SMILES string of the molecule is COc1ccc(C#N)c(Oc2ccc([N+](=O)[O-])cc2C)c1. The van der Waals surface area contributed by atoms with Gasteiger partial charge < -0.3 is 9.47 Å². The van der Waals surface area contributed by atoms with E-state index in [1.54, 1.807) is 25.1 Å². The molecule has 0 amide bonds. The maximum absolute atomic E-state index is 10.7. The number of hydrogen-bond acceptors (Lipinski definition) is 5. The molecule has 6 heteroatoms. The van der Waals surface area contributed by atoms with Crippen LogP contribution in [0.2, 0.25) is 0 Å². The summed E-state index contributed by atoms with van der Waals surface area (Å²) in [5, 5.41) is 19.8. The summed E-state index contributed by atoms with van der Waals surface area (Å²) in [4.78, 5) is 10.2. The first-order valence-corrected chi connectivity index (χ1v) is 6.06. The Morgan fingerprint density at radius 3 is 2.52 bits per heavy atom. The van der Waals surface area contributed by atoms with Gasteiger partial charge in [0.1, 0.15) is 23.3 Å². The van der Waals surface area contributed by atoms with E-state index in [-0.39, 0.29) is 5.69 Å². The fourth-order valence-corrected chi connectivity index (χ4v) is 1.79. The van der Waals surface area contributed by atoms with Crippen LogP contribution in [0.4, 0.5) is 5.69 Å². The summed E-state index contributed by atoms with van der Waals surface area (Å²) in [6.07, 6.45) is 0. The second-order valence-corrected chi connectivity index (χ2v) is 4.28. The Labute approximate surface area is 121 Å². The van der Waals surface area contributed by atoms with E-state index in [9.17, 15) is 10.1 Å². The first kappa shape index (κ1) is 14.3.